The number of likely N-dealkylation sites (N-methyl/N-ethyl adjacent to an activating group) is 2. The molecule has 1 fully saturated rings. The van der Waals surface area contributed by atoms with Crippen LogP contribution in [0.15, 0.2) is 0 Å². The van der Waals surface area contributed by atoms with Gasteiger partial charge < -0.3 is 10.2 Å². The first-order chi connectivity index (χ1) is 4.74. The first-order valence-electron chi connectivity index (χ1n) is 4.11. The van der Waals surface area contributed by atoms with E-state index in [0.29, 0.717) is 6.04 Å². The van der Waals surface area contributed by atoms with Crippen LogP contribution in [0.3, 0.4) is 0 Å². The standard InChI is InChI=1S/C8H18N2/c1-7(9-2)6-10(3)8-4-5-8/h7-9H,4-6H2,1-3H3. The molecule has 0 aromatic carbocycles. The predicted octanol–water partition coefficient (Wildman–Crippen LogP) is 0.688. The van der Waals surface area contributed by atoms with Gasteiger partial charge in [-0.25, -0.2) is 0 Å². The lowest BCUT2D eigenvalue weighted by Crippen LogP contribution is -2.36. The Morgan fingerprint density at radius 1 is 1.60 bits per heavy atom. The van der Waals surface area contributed by atoms with Crippen LogP contribution in [-0.4, -0.2) is 37.6 Å². The maximum absolute atomic E-state index is 3.24. The van der Waals surface area contributed by atoms with E-state index in [-0.39, 0.29) is 0 Å². The highest BCUT2D eigenvalue weighted by Gasteiger charge is 2.26. The molecule has 0 aromatic heterocycles. The molecule has 1 aliphatic rings. The number of rotatable bonds is 4. The molecule has 0 bridgehead atoms. The Kier molecular flexibility index (Phi) is 2.69. The average Bonchev–Trinajstić information content (AvgIpc) is 2.68. The molecule has 0 radical (unpaired) electrons. The van der Waals surface area contributed by atoms with Crippen molar-refractivity contribution in [2.24, 2.45) is 0 Å². The van der Waals surface area contributed by atoms with Gasteiger partial charge in [0.05, 0.1) is 0 Å². The molecule has 2 nitrogen and oxygen atoms in total. The number of hydrogen-bond acceptors (Lipinski definition) is 2. The fourth-order valence-corrected chi connectivity index (χ4v) is 1.19. The molecule has 60 valence electrons. The van der Waals surface area contributed by atoms with E-state index in [9.17, 15) is 0 Å². The summed E-state index contributed by atoms with van der Waals surface area (Å²) < 4.78 is 0. The summed E-state index contributed by atoms with van der Waals surface area (Å²) in [5, 5.41) is 3.24. The van der Waals surface area contributed by atoms with Crippen LogP contribution in [0.2, 0.25) is 0 Å². The molecular formula is C8H18N2. The summed E-state index contributed by atoms with van der Waals surface area (Å²) in [6, 6.07) is 1.53. The quantitative estimate of drug-likeness (QED) is 0.621. The molecule has 0 spiro atoms. The summed E-state index contributed by atoms with van der Waals surface area (Å²) in [4.78, 5) is 2.45. The first kappa shape index (κ1) is 8.02. The zero-order chi connectivity index (χ0) is 7.56. The van der Waals surface area contributed by atoms with Crippen LogP contribution < -0.4 is 5.32 Å². The van der Waals surface area contributed by atoms with E-state index in [0.717, 1.165) is 6.04 Å². The Morgan fingerprint density at radius 3 is 2.60 bits per heavy atom. The smallest absolute Gasteiger partial charge is 0.0163 e. The summed E-state index contributed by atoms with van der Waals surface area (Å²) in [6.45, 7) is 3.40. The van der Waals surface area contributed by atoms with Gasteiger partial charge in [-0.1, -0.05) is 0 Å². The normalized spacial score (nSPS) is 21.6. The van der Waals surface area contributed by atoms with E-state index >= 15 is 0 Å². The summed E-state index contributed by atoms with van der Waals surface area (Å²) in [5.74, 6) is 0. The van der Waals surface area contributed by atoms with Crippen LogP contribution in [-0.2, 0) is 0 Å². The fourth-order valence-electron chi connectivity index (χ4n) is 1.19. The van der Waals surface area contributed by atoms with Crippen LogP contribution in [0, 0.1) is 0 Å². The highest BCUT2D eigenvalue weighted by molar-refractivity contribution is 4.83. The van der Waals surface area contributed by atoms with Crippen molar-refractivity contribution in [3.8, 4) is 0 Å². The Labute approximate surface area is 63.6 Å². The minimum atomic E-state index is 0.630. The van der Waals surface area contributed by atoms with E-state index in [2.05, 4.69) is 24.2 Å². The minimum Gasteiger partial charge on any atom is -0.316 e. The second-order valence-electron chi connectivity index (χ2n) is 3.36. The van der Waals surface area contributed by atoms with Crippen molar-refractivity contribution >= 4 is 0 Å². The number of nitrogens with zero attached hydrogens (tertiary/aromatic N) is 1. The maximum atomic E-state index is 3.24. The Bertz CT molecular complexity index is 99.4. The first-order valence-corrected chi connectivity index (χ1v) is 4.11. The summed E-state index contributed by atoms with van der Waals surface area (Å²) in [6.07, 6.45) is 2.82. The van der Waals surface area contributed by atoms with Crippen LogP contribution in [0.25, 0.3) is 0 Å². The van der Waals surface area contributed by atoms with Crippen molar-refractivity contribution in [3.63, 3.8) is 0 Å². The van der Waals surface area contributed by atoms with Crippen LogP contribution in [0.1, 0.15) is 19.8 Å². The van der Waals surface area contributed by atoms with Crippen molar-refractivity contribution < 1.29 is 0 Å². The van der Waals surface area contributed by atoms with Gasteiger partial charge in [0, 0.05) is 18.6 Å². The summed E-state index contributed by atoms with van der Waals surface area (Å²) in [7, 11) is 4.23. The van der Waals surface area contributed by atoms with Gasteiger partial charge >= 0.3 is 0 Å². The Balaban J connectivity index is 2.10. The number of nitrogens with one attached hydrogen (secondary N) is 1. The van der Waals surface area contributed by atoms with Gasteiger partial charge in [0.2, 0.25) is 0 Å². The molecule has 0 saturated heterocycles. The molecule has 1 atom stereocenters. The highest BCUT2D eigenvalue weighted by atomic mass is 15.2. The summed E-state index contributed by atoms with van der Waals surface area (Å²) in [5.41, 5.74) is 0. The SMILES string of the molecule is CNC(C)CN(C)C1CC1. The molecule has 1 rings (SSSR count). The van der Waals surface area contributed by atoms with Gasteiger partial charge in [-0.05, 0) is 33.9 Å². The topological polar surface area (TPSA) is 15.3 Å². The molecule has 0 heterocycles. The van der Waals surface area contributed by atoms with Gasteiger partial charge in [0.25, 0.3) is 0 Å². The van der Waals surface area contributed by atoms with Gasteiger partial charge in [-0.2, -0.15) is 0 Å². The van der Waals surface area contributed by atoms with E-state index in [4.69, 9.17) is 0 Å². The zero-order valence-corrected chi connectivity index (χ0v) is 7.22. The van der Waals surface area contributed by atoms with Crippen molar-refractivity contribution in [2.45, 2.75) is 31.8 Å². The molecule has 1 saturated carbocycles. The van der Waals surface area contributed by atoms with Crippen LogP contribution in [0.4, 0.5) is 0 Å². The van der Waals surface area contributed by atoms with Gasteiger partial charge in [-0.3, -0.25) is 0 Å². The molecule has 1 aliphatic carbocycles. The Morgan fingerprint density at radius 2 is 2.20 bits per heavy atom. The van der Waals surface area contributed by atoms with Crippen molar-refractivity contribution in [3.05, 3.63) is 0 Å². The largest absolute Gasteiger partial charge is 0.316 e. The molecule has 10 heavy (non-hydrogen) atoms. The number of hydrogen-bond donors (Lipinski definition) is 1. The van der Waals surface area contributed by atoms with E-state index in [1.807, 2.05) is 7.05 Å². The second-order valence-corrected chi connectivity index (χ2v) is 3.36. The molecule has 1 unspecified atom stereocenters. The highest BCUT2D eigenvalue weighted by Crippen LogP contribution is 2.24. The predicted molar refractivity (Wildman–Crippen MR) is 44.2 cm³/mol. The lowest BCUT2D eigenvalue weighted by molar-refractivity contribution is 0.293. The zero-order valence-electron chi connectivity index (χ0n) is 7.22. The third-order valence-electron chi connectivity index (χ3n) is 2.22. The van der Waals surface area contributed by atoms with Gasteiger partial charge in [0.1, 0.15) is 0 Å². The van der Waals surface area contributed by atoms with Crippen LogP contribution in [0.5, 0.6) is 0 Å². The molecule has 1 N–H and O–H groups in total. The third-order valence-corrected chi connectivity index (χ3v) is 2.22. The van der Waals surface area contributed by atoms with E-state index in [1.54, 1.807) is 0 Å². The van der Waals surface area contributed by atoms with E-state index in [1.165, 1.54) is 19.4 Å². The molecule has 2 heteroatoms. The second kappa shape index (κ2) is 3.35. The maximum Gasteiger partial charge on any atom is 0.0163 e. The van der Waals surface area contributed by atoms with Crippen molar-refractivity contribution in [1.82, 2.24) is 10.2 Å². The third kappa shape index (κ3) is 2.27. The molecule has 0 amide bonds. The average molecular weight is 142 g/mol. The molecule has 0 aliphatic heterocycles. The van der Waals surface area contributed by atoms with Crippen molar-refractivity contribution in [2.75, 3.05) is 20.6 Å². The lowest BCUT2D eigenvalue weighted by atomic mass is 10.3. The lowest BCUT2D eigenvalue weighted by Gasteiger charge is -2.19. The van der Waals surface area contributed by atoms with Gasteiger partial charge in [0.15, 0.2) is 0 Å². The van der Waals surface area contributed by atoms with Gasteiger partial charge in [-0.15, -0.1) is 0 Å². The minimum absolute atomic E-state index is 0.630. The monoisotopic (exact) mass is 142 g/mol. The fraction of sp³-hybridized carbons (Fsp3) is 1.00. The summed E-state index contributed by atoms with van der Waals surface area (Å²) >= 11 is 0. The van der Waals surface area contributed by atoms with Crippen molar-refractivity contribution in [1.29, 1.82) is 0 Å². The van der Waals surface area contributed by atoms with Crippen LogP contribution >= 0.6 is 0 Å². The molecular weight excluding hydrogens is 124 g/mol. The molecule has 0 aromatic rings. The van der Waals surface area contributed by atoms with E-state index < -0.39 is 0 Å². The Hall–Kier alpha value is -0.0800.